The molecule has 30 heavy (non-hydrogen) atoms. The number of piperidine rings is 1. The average Bonchev–Trinajstić information content (AvgIpc) is 3.23. The predicted molar refractivity (Wildman–Crippen MR) is 114 cm³/mol. The monoisotopic (exact) mass is 410 g/mol. The van der Waals surface area contributed by atoms with Crippen LogP contribution in [0.5, 0.6) is 11.5 Å². The topological polar surface area (TPSA) is 68.6 Å². The highest BCUT2D eigenvalue weighted by atomic mass is 16.5. The lowest BCUT2D eigenvalue weighted by molar-refractivity contribution is 0.0623. The zero-order valence-corrected chi connectivity index (χ0v) is 17.6. The van der Waals surface area contributed by atoms with E-state index in [9.17, 15) is 4.79 Å². The fourth-order valence-corrected chi connectivity index (χ4v) is 5.42. The summed E-state index contributed by atoms with van der Waals surface area (Å²) in [7, 11) is 1.63. The van der Waals surface area contributed by atoms with E-state index in [1.54, 1.807) is 13.3 Å². The Bertz CT molecular complexity index is 923. The summed E-state index contributed by atoms with van der Waals surface area (Å²) in [6, 6.07) is 6.16. The van der Waals surface area contributed by atoms with Crippen molar-refractivity contribution in [2.75, 3.05) is 26.7 Å². The van der Waals surface area contributed by atoms with E-state index in [0.717, 1.165) is 47.3 Å². The lowest BCUT2D eigenvalue weighted by Crippen LogP contribution is -2.49. The number of nitrogens with one attached hydrogen (secondary N) is 1. The number of rotatable bonds is 4. The Morgan fingerprint density at radius 1 is 1.27 bits per heavy atom. The summed E-state index contributed by atoms with van der Waals surface area (Å²) in [5.74, 6) is 2.33. The third kappa shape index (κ3) is 3.55. The van der Waals surface area contributed by atoms with Crippen LogP contribution in [-0.2, 0) is 6.61 Å². The maximum Gasteiger partial charge on any atom is 0.342 e. The Labute approximate surface area is 177 Å². The molecular formula is C23H30N4O3. The Morgan fingerprint density at radius 3 is 3.03 bits per heavy atom. The van der Waals surface area contributed by atoms with Crippen molar-refractivity contribution >= 4 is 6.03 Å². The molecule has 1 amide bonds. The van der Waals surface area contributed by atoms with Crippen molar-refractivity contribution in [1.82, 2.24) is 20.0 Å². The minimum Gasteiger partial charge on any atom is -0.497 e. The van der Waals surface area contributed by atoms with Crippen molar-refractivity contribution in [3.8, 4) is 22.8 Å². The zero-order valence-electron chi connectivity index (χ0n) is 17.6. The Balaban J connectivity index is 1.27. The predicted octanol–water partition coefficient (Wildman–Crippen LogP) is 3.66. The maximum absolute atomic E-state index is 13.0. The molecule has 1 aliphatic carbocycles. The first kappa shape index (κ1) is 19.4. The number of ether oxygens (including phenoxy) is 2. The molecule has 1 aromatic heterocycles. The molecule has 5 rings (SSSR count). The van der Waals surface area contributed by atoms with Gasteiger partial charge < -0.3 is 14.8 Å². The van der Waals surface area contributed by atoms with Crippen LogP contribution in [0.4, 0.5) is 4.79 Å². The van der Waals surface area contributed by atoms with Crippen molar-refractivity contribution in [3.05, 3.63) is 30.0 Å². The minimum atomic E-state index is -0.191. The van der Waals surface area contributed by atoms with Crippen molar-refractivity contribution in [2.45, 2.75) is 51.2 Å². The summed E-state index contributed by atoms with van der Waals surface area (Å²) >= 11 is 0. The number of likely N-dealkylation sites (tertiary alicyclic amines) is 1. The summed E-state index contributed by atoms with van der Waals surface area (Å²) in [4.78, 5) is 15.6. The number of hydrogen-bond donors (Lipinski definition) is 1. The summed E-state index contributed by atoms with van der Waals surface area (Å²) in [6.45, 7) is 3.11. The highest BCUT2D eigenvalue weighted by molar-refractivity contribution is 5.85. The first-order valence-electron chi connectivity index (χ1n) is 11.1. The maximum atomic E-state index is 13.0. The smallest absolute Gasteiger partial charge is 0.342 e. The lowest BCUT2D eigenvalue weighted by Gasteiger charge is -2.44. The van der Waals surface area contributed by atoms with Crippen LogP contribution in [0, 0.1) is 5.92 Å². The van der Waals surface area contributed by atoms with Crippen LogP contribution in [0.1, 0.15) is 44.1 Å². The third-order valence-corrected chi connectivity index (χ3v) is 6.90. The molecule has 3 heterocycles. The van der Waals surface area contributed by atoms with Gasteiger partial charge in [-0.3, -0.25) is 4.90 Å². The van der Waals surface area contributed by atoms with Gasteiger partial charge in [-0.1, -0.05) is 12.8 Å². The van der Waals surface area contributed by atoms with Gasteiger partial charge in [0.1, 0.15) is 18.1 Å². The summed E-state index contributed by atoms with van der Waals surface area (Å²) in [5, 5.41) is 7.44. The number of fused-ring (bicyclic) bond motifs is 4. The molecule has 2 fully saturated rings. The Morgan fingerprint density at radius 2 is 2.13 bits per heavy atom. The molecular weight excluding hydrogens is 380 g/mol. The van der Waals surface area contributed by atoms with E-state index in [2.05, 4.69) is 15.3 Å². The number of nitrogens with zero attached hydrogens (tertiary/aromatic N) is 3. The van der Waals surface area contributed by atoms with Crippen LogP contribution >= 0.6 is 0 Å². The molecule has 1 saturated carbocycles. The first-order chi connectivity index (χ1) is 14.7. The molecule has 7 nitrogen and oxygen atoms in total. The summed E-state index contributed by atoms with van der Waals surface area (Å²) < 4.78 is 12.6. The number of carbonyl (C=O) groups is 1. The van der Waals surface area contributed by atoms with E-state index in [4.69, 9.17) is 9.47 Å². The van der Waals surface area contributed by atoms with Crippen LogP contribution in [0.25, 0.3) is 11.3 Å². The Kier molecular flexibility index (Phi) is 5.37. The van der Waals surface area contributed by atoms with Crippen LogP contribution < -0.4 is 14.8 Å². The van der Waals surface area contributed by atoms with Crippen LogP contribution in [-0.4, -0.2) is 53.5 Å². The standard InChI is InChI=1S/C23H30N4O3/c1-29-18-8-9-21-19(13-18)22-17(15-30-21)14-25-27(22)23(28)24-10-12-26-11-4-6-16-5-2-3-7-20(16)26/h8-9,13-14,16,20H,2-7,10-12,15H2,1H3,(H,24,28)/t16-,20-/m0/s1. The fourth-order valence-electron chi connectivity index (χ4n) is 5.42. The van der Waals surface area contributed by atoms with E-state index in [0.29, 0.717) is 19.2 Å². The van der Waals surface area contributed by atoms with Gasteiger partial charge in [0, 0.05) is 30.3 Å². The first-order valence-corrected chi connectivity index (χ1v) is 11.1. The molecule has 3 aliphatic rings. The second kappa shape index (κ2) is 8.30. The number of benzene rings is 1. The molecule has 0 unspecified atom stereocenters. The zero-order chi connectivity index (χ0) is 20.5. The largest absolute Gasteiger partial charge is 0.497 e. The van der Waals surface area contributed by atoms with Crippen LogP contribution in [0.3, 0.4) is 0 Å². The summed E-state index contributed by atoms with van der Waals surface area (Å²) in [5.41, 5.74) is 2.54. The second-order valence-electron chi connectivity index (χ2n) is 8.60. The fraction of sp³-hybridized carbons (Fsp3) is 0.565. The van der Waals surface area contributed by atoms with Crippen molar-refractivity contribution < 1.29 is 14.3 Å². The van der Waals surface area contributed by atoms with Gasteiger partial charge in [0.15, 0.2) is 0 Å². The average molecular weight is 411 g/mol. The number of methoxy groups -OCH3 is 1. The van der Waals surface area contributed by atoms with Crippen LogP contribution in [0.2, 0.25) is 0 Å². The third-order valence-electron chi connectivity index (χ3n) is 6.90. The number of amides is 1. The minimum absolute atomic E-state index is 0.191. The van der Waals surface area contributed by atoms with E-state index >= 15 is 0 Å². The van der Waals surface area contributed by atoms with E-state index in [1.807, 2.05) is 18.2 Å². The van der Waals surface area contributed by atoms with Crippen molar-refractivity contribution in [2.24, 2.45) is 5.92 Å². The van der Waals surface area contributed by atoms with Gasteiger partial charge >= 0.3 is 6.03 Å². The lowest BCUT2D eigenvalue weighted by atomic mass is 9.78. The number of hydrogen-bond acceptors (Lipinski definition) is 5. The molecule has 0 bridgehead atoms. The van der Waals surface area contributed by atoms with Gasteiger partial charge in [0.2, 0.25) is 0 Å². The molecule has 0 spiro atoms. The molecule has 160 valence electrons. The van der Waals surface area contributed by atoms with Crippen LogP contribution in [0.15, 0.2) is 24.4 Å². The molecule has 1 saturated heterocycles. The molecule has 2 aliphatic heterocycles. The second-order valence-corrected chi connectivity index (χ2v) is 8.60. The van der Waals surface area contributed by atoms with Gasteiger partial charge in [0.05, 0.1) is 19.0 Å². The molecule has 2 atom stereocenters. The Hall–Kier alpha value is -2.54. The molecule has 1 aromatic carbocycles. The van der Waals surface area contributed by atoms with Gasteiger partial charge in [0.25, 0.3) is 0 Å². The molecule has 0 radical (unpaired) electrons. The van der Waals surface area contributed by atoms with Crippen molar-refractivity contribution in [3.63, 3.8) is 0 Å². The van der Waals surface area contributed by atoms with E-state index in [1.165, 1.54) is 43.2 Å². The quantitative estimate of drug-likeness (QED) is 0.833. The summed E-state index contributed by atoms with van der Waals surface area (Å²) in [6.07, 6.45) is 9.77. The number of aromatic nitrogens is 2. The highest BCUT2D eigenvalue weighted by Crippen LogP contribution is 2.39. The number of carbonyl (C=O) groups excluding carboxylic acids is 1. The van der Waals surface area contributed by atoms with E-state index < -0.39 is 0 Å². The van der Waals surface area contributed by atoms with Gasteiger partial charge in [-0.15, -0.1) is 0 Å². The molecule has 7 heteroatoms. The SMILES string of the molecule is COc1ccc2c(c1)-c1c(cnn1C(=O)NCCN1CCC[C@@H]3CCCC[C@@H]31)CO2. The van der Waals surface area contributed by atoms with E-state index in [-0.39, 0.29) is 6.03 Å². The van der Waals surface area contributed by atoms with Gasteiger partial charge in [-0.25, -0.2) is 4.79 Å². The molecule has 1 N–H and O–H groups in total. The normalized spacial score (nSPS) is 23.0. The van der Waals surface area contributed by atoms with Gasteiger partial charge in [-0.05, 0) is 56.3 Å². The molecule has 2 aromatic rings. The highest BCUT2D eigenvalue weighted by Gasteiger charge is 2.33. The van der Waals surface area contributed by atoms with Crippen molar-refractivity contribution in [1.29, 1.82) is 0 Å². The van der Waals surface area contributed by atoms with Gasteiger partial charge in [-0.2, -0.15) is 9.78 Å².